The van der Waals surface area contributed by atoms with Crippen LogP contribution < -0.4 is 5.32 Å². The Kier molecular flexibility index (Phi) is 4.43. The molecule has 3 nitrogen and oxygen atoms in total. The molecule has 3 atom stereocenters. The van der Waals surface area contributed by atoms with Gasteiger partial charge in [0.05, 0.1) is 0 Å². The third kappa shape index (κ3) is 2.82. The van der Waals surface area contributed by atoms with Crippen molar-refractivity contribution in [3.8, 4) is 0 Å². The van der Waals surface area contributed by atoms with Gasteiger partial charge < -0.3 is 10.2 Å². The highest BCUT2D eigenvalue weighted by molar-refractivity contribution is 5.79. The summed E-state index contributed by atoms with van der Waals surface area (Å²) in [5.74, 6) is 1.31. The lowest BCUT2D eigenvalue weighted by atomic mass is 9.85. The Morgan fingerprint density at radius 2 is 2.12 bits per heavy atom. The molecule has 1 saturated carbocycles. The molecular formula is C14H26N2O. The average Bonchev–Trinajstić information content (AvgIpc) is 2.78. The summed E-state index contributed by atoms with van der Waals surface area (Å²) in [4.78, 5) is 14.6. The van der Waals surface area contributed by atoms with Crippen molar-refractivity contribution in [2.45, 2.75) is 52.0 Å². The molecule has 3 unspecified atom stereocenters. The largest absolute Gasteiger partial charge is 0.339 e. The monoisotopic (exact) mass is 238 g/mol. The molecular weight excluding hydrogens is 212 g/mol. The Balaban J connectivity index is 1.90. The SMILES string of the molecule is CCNCC(C)C(=O)N1CCC2CCCCC21. The summed E-state index contributed by atoms with van der Waals surface area (Å²) < 4.78 is 0. The fourth-order valence-electron chi connectivity index (χ4n) is 3.41. The number of likely N-dealkylation sites (tertiary alicyclic amines) is 1. The van der Waals surface area contributed by atoms with Gasteiger partial charge in [0.1, 0.15) is 0 Å². The van der Waals surface area contributed by atoms with Gasteiger partial charge in [-0.2, -0.15) is 0 Å². The van der Waals surface area contributed by atoms with Crippen molar-refractivity contribution in [3.63, 3.8) is 0 Å². The second-order valence-corrected chi connectivity index (χ2v) is 5.64. The normalized spacial score (nSPS) is 30.1. The Bertz CT molecular complexity index is 267. The predicted molar refractivity (Wildman–Crippen MR) is 69.8 cm³/mol. The summed E-state index contributed by atoms with van der Waals surface area (Å²) >= 11 is 0. The first kappa shape index (κ1) is 12.9. The highest BCUT2D eigenvalue weighted by Crippen LogP contribution is 2.36. The summed E-state index contributed by atoms with van der Waals surface area (Å²) in [6.45, 7) is 6.92. The molecule has 2 aliphatic rings. The molecule has 0 aromatic carbocycles. The minimum absolute atomic E-state index is 0.135. The van der Waals surface area contributed by atoms with Crippen LogP contribution in [0.1, 0.15) is 46.0 Å². The molecule has 1 saturated heterocycles. The van der Waals surface area contributed by atoms with E-state index in [1.807, 2.05) is 0 Å². The van der Waals surface area contributed by atoms with Crippen molar-refractivity contribution >= 4 is 5.91 Å². The molecule has 1 N–H and O–H groups in total. The number of carbonyl (C=O) groups excluding carboxylic acids is 1. The van der Waals surface area contributed by atoms with Crippen LogP contribution in [0.25, 0.3) is 0 Å². The van der Waals surface area contributed by atoms with Gasteiger partial charge in [0.25, 0.3) is 0 Å². The maximum absolute atomic E-state index is 12.4. The second-order valence-electron chi connectivity index (χ2n) is 5.64. The van der Waals surface area contributed by atoms with E-state index in [9.17, 15) is 4.79 Å². The molecule has 1 aliphatic heterocycles. The van der Waals surface area contributed by atoms with Crippen LogP contribution in [0.15, 0.2) is 0 Å². The van der Waals surface area contributed by atoms with Crippen LogP contribution in [-0.4, -0.2) is 36.5 Å². The summed E-state index contributed by atoms with van der Waals surface area (Å²) in [5, 5.41) is 3.28. The number of amides is 1. The number of hydrogen-bond acceptors (Lipinski definition) is 2. The number of nitrogens with zero attached hydrogens (tertiary/aromatic N) is 1. The van der Waals surface area contributed by atoms with E-state index in [-0.39, 0.29) is 5.92 Å². The lowest BCUT2D eigenvalue weighted by Gasteiger charge is -2.33. The molecule has 1 aliphatic carbocycles. The second kappa shape index (κ2) is 5.85. The van der Waals surface area contributed by atoms with E-state index in [4.69, 9.17) is 0 Å². The first-order valence-electron chi connectivity index (χ1n) is 7.25. The fourth-order valence-corrected chi connectivity index (χ4v) is 3.41. The number of carbonyl (C=O) groups is 1. The minimum Gasteiger partial charge on any atom is -0.339 e. The topological polar surface area (TPSA) is 32.3 Å². The quantitative estimate of drug-likeness (QED) is 0.812. The third-order valence-electron chi connectivity index (χ3n) is 4.42. The fraction of sp³-hybridized carbons (Fsp3) is 0.929. The van der Waals surface area contributed by atoms with Crippen LogP contribution in [0.4, 0.5) is 0 Å². The van der Waals surface area contributed by atoms with Crippen LogP contribution in [-0.2, 0) is 4.79 Å². The van der Waals surface area contributed by atoms with Crippen molar-refractivity contribution in [3.05, 3.63) is 0 Å². The van der Waals surface area contributed by atoms with E-state index in [1.54, 1.807) is 0 Å². The van der Waals surface area contributed by atoms with E-state index in [2.05, 4.69) is 24.1 Å². The average molecular weight is 238 g/mol. The zero-order chi connectivity index (χ0) is 12.3. The first-order valence-corrected chi connectivity index (χ1v) is 7.25. The van der Waals surface area contributed by atoms with Crippen molar-refractivity contribution in [1.82, 2.24) is 10.2 Å². The van der Waals surface area contributed by atoms with E-state index in [0.717, 1.165) is 25.6 Å². The van der Waals surface area contributed by atoms with Crippen LogP contribution in [0.5, 0.6) is 0 Å². The number of fused-ring (bicyclic) bond motifs is 1. The molecule has 2 fully saturated rings. The minimum atomic E-state index is 0.135. The standard InChI is InChI=1S/C14H26N2O/c1-3-15-10-11(2)14(17)16-9-8-12-6-4-5-7-13(12)16/h11-13,15H,3-10H2,1-2H3. The van der Waals surface area contributed by atoms with Gasteiger partial charge in [-0.05, 0) is 31.7 Å². The van der Waals surface area contributed by atoms with Gasteiger partial charge in [0, 0.05) is 25.0 Å². The molecule has 98 valence electrons. The van der Waals surface area contributed by atoms with Crippen molar-refractivity contribution in [2.24, 2.45) is 11.8 Å². The van der Waals surface area contributed by atoms with E-state index in [1.165, 1.54) is 32.1 Å². The van der Waals surface area contributed by atoms with Crippen LogP contribution in [0.2, 0.25) is 0 Å². The zero-order valence-corrected chi connectivity index (χ0v) is 11.2. The molecule has 0 aromatic heterocycles. The highest BCUT2D eigenvalue weighted by atomic mass is 16.2. The number of hydrogen-bond donors (Lipinski definition) is 1. The molecule has 3 heteroatoms. The summed E-state index contributed by atoms with van der Waals surface area (Å²) in [7, 11) is 0. The molecule has 0 radical (unpaired) electrons. The lowest BCUT2D eigenvalue weighted by Crippen LogP contribution is -2.44. The maximum Gasteiger partial charge on any atom is 0.226 e. The Morgan fingerprint density at radius 1 is 1.35 bits per heavy atom. The van der Waals surface area contributed by atoms with E-state index in [0.29, 0.717) is 11.9 Å². The van der Waals surface area contributed by atoms with Gasteiger partial charge >= 0.3 is 0 Å². The zero-order valence-electron chi connectivity index (χ0n) is 11.2. The Morgan fingerprint density at radius 3 is 2.88 bits per heavy atom. The lowest BCUT2D eigenvalue weighted by molar-refractivity contribution is -0.136. The van der Waals surface area contributed by atoms with Gasteiger partial charge in [-0.25, -0.2) is 0 Å². The van der Waals surface area contributed by atoms with Gasteiger partial charge in [0.2, 0.25) is 5.91 Å². The van der Waals surface area contributed by atoms with Crippen LogP contribution in [0.3, 0.4) is 0 Å². The summed E-state index contributed by atoms with van der Waals surface area (Å²) in [6, 6.07) is 0.570. The van der Waals surface area contributed by atoms with Crippen LogP contribution >= 0.6 is 0 Å². The van der Waals surface area contributed by atoms with E-state index < -0.39 is 0 Å². The maximum atomic E-state index is 12.4. The highest BCUT2D eigenvalue weighted by Gasteiger charge is 2.39. The molecule has 0 bridgehead atoms. The van der Waals surface area contributed by atoms with Crippen molar-refractivity contribution < 1.29 is 4.79 Å². The van der Waals surface area contributed by atoms with Crippen molar-refractivity contribution in [1.29, 1.82) is 0 Å². The Labute approximate surface area is 105 Å². The number of nitrogens with one attached hydrogen (secondary N) is 1. The molecule has 2 rings (SSSR count). The third-order valence-corrected chi connectivity index (χ3v) is 4.42. The summed E-state index contributed by atoms with van der Waals surface area (Å²) in [5.41, 5.74) is 0. The van der Waals surface area contributed by atoms with Gasteiger partial charge in [-0.1, -0.05) is 26.7 Å². The number of rotatable bonds is 4. The smallest absolute Gasteiger partial charge is 0.226 e. The molecule has 0 spiro atoms. The molecule has 1 amide bonds. The predicted octanol–water partition coefficient (Wildman–Crippen LogP) is 2.02. The van der Waals surface area contributed by atoms with Crippen LogP contribution in [0, 0.1) is 11.8 Å². The van der Waals surface area contributed by atoms with Crippen molar-refractivity contribution in [2.75, 3.05) is 19.6 Å². The van der Waals surface area contributed by atoms with E-state index >= 15 is 0 Å². The molecule has 0 aromatic rings. The van der Waals surface area contributed by atoms with Gasteiger partial charge in [-0.3, -0.25) is 4.79 Å². The van der Waals surface area contributed by atoms with Gasteiger partial charge in [-0.15, -0.1) is 0 Å². The molecule has 17 heavy (non-hydrogen) atoms. The first-order chi connectivity index (χ1) is 8.24. The summed E-state index contributed by atoms with van der Waals surface area (Å²) in [6.07, 6.45) is 6.51. The van der Waals surface area contributed by atoms with Gasteiger partial charge in [0.15, 0.2) is 0 Å². The molecule has 1 heterocycles. The Hall–Kier alpha value is -0.570.